The van der Waals surface area contributed by atoms with Crippen LogP contribution in [0.3, 0.4) is 0 Å². The molecule has 0 radical (unpaired) electrons. The van der Waals surface area contributed by atoms with E-state index in [1.807, 2.05) is 41.8 Å². The van der Waals surface area contributed by atoms with Gasteiger partial charge in [-0.3, -0.25) is 9.48 Å². The van der Waals surface area contributed by atoms with Gasteiger partial charge in [-0.25, -0.2) is 8.42 Å². The Morgan fingerprint density at radius 2 is 2.07 bits per heavy atom. The van der Waals surface area contributed by atoms with Crippen molar-refractivity contribution in [3.05, 3.63) is 64.1 Å². The number of halogens is 1. The molecule has 0 aliphatic carbocycles. The van der Waals surface area contributed by atoms with Gasteiger partial charge in [-0.2, -0.15) is 5.10 Å². The molecule has 1 amide bonds. The van der Waals surface area contributed by atoms with Crippen LogP contribution in [-0.2, 0) is 16.3 Å². The molecule has 1 unspecified atom stereocenters. The first-order chi connectivity index (χ1) is 13.9. The standard InChI is InChI=1S/C20H20ClN3O3S2/c21-15-5-3-14(4-6-15)7-9-22-20(25)17-12-18(19-2-1-10-28-19)24(23-17)16-8-11-29(26,27)13-16/h1-6,10,12,16H,7-9,11,13H2,(H,22,25). The third-order valence-electron chi connectivity index (χ3n) is 4.91. The largest absolute Gasteiger partial charge is 0.350 e. The molecule has 3 heterocycles. The summed E-state index contributed by atoms with van der Waals surface area (Å²) < 4.78 is 25.6. The summed E-state index contributed by atoms with van der Waals surface area (Å²) in [5.74, 6) is -0.0503. The molecule has 2 aromatic heterocycles. The zero-order valence-electron chi connectivity index (χ0n) is 15.5. The third kappa shape index (κ3) is 4.71. The van der Waals surface area contributed by atoms with E-state index < -0.39 is 9.84 Å². The minimum absolute atomic E-state index is 0.0602. The fraction of sp³-hybridized carbons (Fsp3) is 0.300. The van der Waals surface area contributed by atoms with E-state index in [1.54, 1.807) is 10.7 Å². The molecular weight excluding hydrogens is 430 g/mol. The number of carbonyl (C=O) groups excluding carboxylic acids is 1. The molecule has 6 nitrogen and oxygen atoms in total. The van der Waals surface area contributed by atoms with E-state index >= 15 is 0 Å². The van der Waals surface area contributed by atoms with Crippen molar-refractivity contribution < 1.29 is 13.2 Å². The number of hydrogen-bond acceptors (Lipinski definition) is 5. The molecular formula is C20H20ClN3O3S2. The Kier molecular flexibility index (Phi) is 5.76. The Bertz CT molecular complexity index is 1110. The maximum absolute atomic E-state index is 12.6. The summed E-state index contributed by atoms with van der Waals surface area (Å²) in [5.41, 5.74) is 2.16. The summed E-state index contributed by atoms with van der Waals surface area (Å²) >= 11 is 7.43. The average molecular weight is 450 g/mol. The van der Waals surface area contributed by atoms with Crippen LogP contribution in [0.2, 0.25) is 5.02 Å². The molecule has 1 aromatic carbocycles. The molecule has 0 saturated carbocycles. The van der Waals surface area contributed by atoms with Crippen molar-refractivity contribution >= 4 is 38.7 Å². The molecule has 1 aliphatic rings. The minimum Gasteiger partial charge on any atom is -0.350 e. The van der Waals surface area contributed by atoms with E-state index in [0.717, 1.165) is 16.1 Å². The van der Waals surface area contributed by atoms with Crippen molar-refractivity contribution in [2.24, 2.45) is 0 Å². The number of benzene rings is 1. The molecule has 29 heavy (non-hydrogen) atoms. The number of hydrogen-bond donors (Lipinski definition) is 1. The smallest absolute Gasteiger partial charge is 0.271 e. The summed E-state index contributed by atoms with van der Waals surface area (Å²) in [6, 6.07) is 12.9. The van der Waals surface area contributed by atoms with Gasteiger partial charge in [0, 0.05) is 11.6 Å². The maximum Gasteiger partial charge on any atom is 0.271 e. The van der Waals surface area contributed by atoms with Crippen molar-refractivity contribution in [2.75, 3.05) is 18.1 Å². The molecule has 1 saturated heterocycles. The Balaban J connectivity index is 1.50. The summed E-state index contributed by atoms with van der Waals surface area (Å²) in [7, 11) is -3.06. The zero-order valence-corrected chi connectivity index (χ0v) is 17.9. The second-order valence-corrected chi connectivity index (χ2v) is 10.6. The molecule has 4 rings (SSSR count). The molecule has 1 fully saturated rings. The number of nitrogens with zero attached hydrogens (tertiary/aromatic N) is 2. The molecule has 9 heteroatoms. The first-order valence-corrected chi connectivity index (χ1v) is 12.4. The lowest BCUT2D eigenvalue weighted by molar-refractivity contribution is 0.0948. The second-order valence-electron chi connectivity index (χ2n) is 7.03. The quantitative estimate of drug-likeness (QED) is 0.623. The van der Waals surface area contributed by atoms with Crippen molar-refractivity contribution in [1.82, 2.24) is 15.1 Å². The van der Waals surface area contributed by atoms with Gasteiger partial charge < -0.3 is 5.32 Å². The van der Waals surface area contributed by atoms with Crippen LogP contribution >= 0.6 is 22.9 Å². The van der Waals surface area contributed by atoms with Gasteiger partial charge in [-0.05, 0) is 48.1 Å². The topological polar surface area (TPSA) is 81.1 Å². The van der Waals surface area contributed by atoms with Crippen molar-refractivity contribution in [1.29, 1.82) is 0 Å². The number of rotatable bonds is 6. The number of sulfone groups is 1. The highest BCUT2D eigenvalue weighted by atomic mass is 35.5. The van der Waals surface area contributed by atoms with Gasteiger partial charge in [0.1, 0.15) is 0 Å². The van der Waals surface area contributed by atoms with Gasteiger partial charge in [-0.15, -0.1) is 11.3 Å². The van der Waals surface area contributed by atoms with Gasteiger partial charge in [0.2, 0.25) is 0 Å². The Morgan fingerprint density at radius 1 is 1.28 bits per heavy atom. The molecule has 152 valence electrons. The van der Waals surface area contributed by atoms with Gasteiger partial charge >= 0.3 is 0 Å². The number of carbonyl (C=O) groups is 1. The molecule has 1 aliphatic heterocycles. The van der Waals surface area contributed by atoms with Crippen LogP contribution in [0, 0.1) is 0 Å². The highest BCUT2D eigenvalue weighted by Crippen LogP contribution is 2.32. The number of amides is 1. The number of aromatic nitrogens is 2. The fourth-order valence-corrected chi connectivity index (χ4v) is 5.97. The van der Waals surface area contributed by atoms with Crippen LogP contribution in [0.15, 0.2) is 47.8 Å². The van der Waals surface area contributed by atoms with E-state index in [9.17, 15) is 13.2 Å². The highest BCUT2D eigenvalue weighted by Gasteiger charge is 2.32. The molecule has 0 spiro atoms. The van der Waals surface area contributed by atoms with E-state index in [1.165, 1.54) is 11.3 Å². The van der Waals surface area contributed by atoms with Crippen LogP contribution in [0.25, 0.3) is 10.6 Å². The van der Waals surface area contributed by atoms with Crippen LogP contribution in [0.4, 0.5) is 0 Å². The molecule has 1 atom stereocenters. The van der Waals surface area contributed by atoms with Gasteiger partial charge in [0.25, 0.3) is 5.91 Å². The van der Waals surface area contributed by atoms with Crippen molar-refractivity contribution in [2.45, 2.75) is 18.9 Å². The summed E-state index contributed by atoms with van der Waals surface area (Å²) in [6.45, 7) is 0.472. The van der Waals surface area contributed by atoms with Crippen LogP contribution < -0.4 is 5.32 Å². The summed E-state index contributed by atoms with van der Waals surface area (Å²) in [5, 5.41) is 10.00. The van der Waals surface area contributed by atoms with Crippen LogP contribution in [-0.4, -0.2) is 42.2 Å². The monoisotopic (exact) mass is 449 g/mol. The average Bonchev–Trinajstić information content (AvgIpc) is 3.41. The van der Waals surface area contributed by atoms with Gasteiger partial charge in [0.15, 0.2) is 15.5 Å². The Morgan fingerprint density at radius 3 is 2.72 bits per heavy atom. The Hall–Kier alpha value is -2.16. The van der Waals surface area contributed by atoms with E-state index in [0.29, 0.717) is 30.1 Å². The third-order valence-corrected chi connectivity index (χ3v) is 7.80. The predicted molar refractivity (Wildman–Crippen MR) is 115 cm³/mol. The van der Waals surface area contributed by atoms with Gasteiger partial charge in [-0.1, -0.05) is 29.8 Å². The predicted octanol–water partition coefficient (Wildman–Crippen LogP) is 3.60. The second kappa shape index (κ2) is 8.30. The normalized spacial score (nSPS) is 18.0. The molecule has 1 N–H and O–H groups in total. The van der Waals surface area contributed by atoms with Crippen LogP contribution in [0.5, 0.6) is 0 Å². The summed E-state index contributed by atoms with van der Waals surface area (Å²) in [4.78, 5) is 13.6. The lowest BCUT2D eigenvalue weighted by Gasteiger charge is -2.12. The first kappa shape index (κ1) is 20.1. The minimum atomic E-state index is -3.06. The molecule has 3 aromatic rings. The summed E-state index contributed by atoms with van der Waals surface area (Å²) in [6.07, 6.45) is 1.20. The lowest BCUT2D eigenvalue weighted by atomic mass is 10.1. The highest BCUT2D eigenvalue weighted by molar-refractivity contribution is 7.91. The van der Waals surface area contributed by atoms with Gasteiger partial charge in [0.05, 0.1) is 28.1 Å². The number of nitrogens with one attached hydrogen (secondary N) is 1. The van der Waals surface area contributed by atoms with Crippen LogP contribution in [0.1, 0.15) is 28.5 Å². The first-order valence-electron chi connectivity index (χ1n) is 9.28. The molecule has 0 bridgehead atoms. The SMILES string of the molecule is O=C(NCCc1ccc(Cl)cc1)c1cc(-c2cccs2)n(C2CCS(=O)(=O)C2)n1. The number of thiophene rings is 1. The van der Waals surface area contributed by atoms with E-state index in [-0.39, 0.29) is 23.5 Å². The Labute approximate surface area is 178 Å². The zero-order chi connectivity index (χ0) is 20.4. The fourth-order valence-electron chi connectivity index (χ4n) is 3.42. The van der Waals surface area contributed by atoms with Crippen molar-refractivity contribution in [3.63, 3.8) is 0 Å². The lowest BCUT2D eigenvalue weighted by Crippen LogP contribution is -2.26. The van der Waals surface area contributed by atoms with Crippen molar-refractivity contribution in [3.8, 4) is 10.6 Å². The van der Waals surface area contributed by atoms with E-state index in [2.05, 4.69) is 10.4 Å². The van der Waals surface area contributed by atoms with E-state index in [4.69, 9.17) is 11.6 Å². The maximum atomic E-state index is 12.6.